The first-order chi connectivity index (χ1) is 19.3. The Kier molecular flexibility index (Phi) is 7.85. The maximum absolute atomic E-state index is 12.8. The fourth-order valence-electron chi connectivity index (χ4n) is 3.83. The summed E-state index contributed by atoms with van der Waals surface area (Å²) >= 11 is 7.25. The van der Waals surface area contributed by atoms with Crippen LogP contribution >= 0.6 is 23.4 Å². The van der Waals surface area contributed by atoms with Crippen molar-refractivity contribution < 1.29 is 9.53 Å². The number of anilines is 1. The van der Waals surface area contributed by atoms with Crippen LogP contribution in [0.4, 0.5) is 5.82 Å². The van der Waals surface area contributed by atoms with Gasteiger partial charge in [0.2, 0.25) is 5.91 Å². The SMILES string of the molecule is Cn1c(NC(=O)CSc2nnc(-c3ccc(Cl)cc3)n2-c2ccc(Oc3ccccc3)cc2)cc(=O)n(C)c1=O. The number of thioether (sulfide) groups is 1. The number of nitrogens with one attached hydrogen (secondary N) is 1. The van der Waals surface area contributed by atoms with E-state index in [9.17, 15) is 14.4 Å². The average molecular weight is 575 g/mol. The van der Waals surface area contributed by atoms with E-state index in [2.05, 4.69) is 15.5 Å². The zero-order valence-corrected chi connectivity index (χ0v) is 23.0. The molecule has 1 amide bonds. The molecule has 2 heterocycles. The summed E-state index contributed by atoms with van der Waals surface area (Å²) in [5.41, 5.74) is 0.487. The van der Waals surface area contributed by atoms with Gasteiger partial charge in [-0.1, -0.05) is 41.6 Å². The van der Waals surface area contributed by atoms with E-state index in [4.69, 9.17) is 16.3 Å². The van der Waals surface area contributed by atoms with Crippen molar-refractivity contribution in [3.63, 3.8) is 0 Å². The lowest BCUT2D eigenvalue weighted by Crippen LogP contribution is -2.38. The van der Waals surface area contributed by atoms with E-state index in [-0.39, 0.29) is 11.6 Å². The van der Waals surface area contributed by atoms with Crippen molar-refractivity contribution in [3.05, 3.63) is 111 Å². The summed E-state index contributed by atoms with van der Waals surface area (Å²) in [5.74, 6) is 1.59. The van der Waals surface area contributed by atoms with E-state index in [1.807, 2.05) is 71.3 Å². The summed E-state index contributed by atoms with van der Waals surface area (Å²) in [6, 6.07) is 25.3. The van der Waals surface area contributed by atoms with Crippen molar-refractivity contribution in [2.24, 2.45) is 14.1 Å². The smallest absolute Gasteiger partial charge is 0.332 e. The number of benzene rings is 3. The summed E-state index contributed by atoms with van der Waals surface area (Å²) in [4.78, 5) is 37.0. The molecule has 0 aliphatic heterocycles. The highest BCUT2D eigenvalue weighted by Gasteiger charge is 2.18. The van der Waals surface area contributed by atoms with Crippen molar-refractivity contribution in [1.29, 1.82) is 0 Å². The van der Waals surface area contributed by atoms with Gasteiger partial charge in [0.05, 0.1) is 5.75 Å². The van der Waals surface area contributed by atoms with Gasteiger partial charge < -0.3 is 10.1 Å². The van der Waals surface area contributed by atoms with Crippen molar-refractivity contribution >= 4 is 35.1 Å². The van der Waals surface area contributed by atoms with Crippen LogP contribution in [0.25, 0.3) is 17.1 Å². The Hall–Kier alpha value is -4.61. The molecule has 0 radical (unpaired) electrons. The summed E-state index contributed by atoms with van der Waals surface area (Å²) in [5, 5.41) is 12.4. The molecule has 5 aromatic rings. The topological polar surface area (TPSA) is 113 Å². The first-order valence-electron chi connectivity index (χ1n) is 12.0. The number of aromatic nitrogens is 5. The van der Waals surface area contributed by atoms with Crippen LogP contribution in [-0.4, -0.2) is 35.6 Å². The van der Waals surface area contributed by atoms with Crippen molar-refractivity contribution in [2.45, 2.75) is 5.16 Å². The predicted octanol–water partition coefficient (Wildman–Crippen LogP) is 4.51. The number of hydrogen-bond acceptors (Lipinski definition) is 7. The zero-order chi connectivity index (χ0) is 28.2. The zero-order valence-electron chi connectivity index (χ0n) is 21.4. The van der Waals surface area contributed by atoms with Gasteiger partial charge in [0, 0.05) is 36.4 Å². The first-order valence-corrected chi connectivity index (χ1v) is 13.4. The monoisotopic (exact) mass is 574 g/mol. The molecule has 202 valence electrons. The van der Waals surface area contributed by atoms with Crippen molar-refractivity contribution in [2.75, 3.05) is 11.1 Å². The number of rotatable bonds is 8. The minimum Gasteiger partial charge on any atom is -0.457 e. The van der Waals surface area contributed by atoms with Gasteiger partial charge in [-0.15, -0.1) is 10.2 Å². The average Bonchev–Trinajstić information content (AvgIpc) is 3.39. The fourth-order valence-corrected chi connectivity index (χ4v) is 4.71. The van der Waals surface area contributed by atoms with Crippen LogP contribution in [0.5, 0.6) is 11.5 Å². The highest BCUT2D eigenvalue weighted by Crippen LogP contribution is 2.30. The summed E-state index contributed by atoms with van der Waals surface area (Å²) < 4.78 is 9.91. The number of carbonyl (C=O) groups excluding carboxylic acids is 1. The number of nitrogens with zero attached hydrogens (tertiary/aromatic N) is 5. The second-order valence-electron chi connectivity index (χ2n) is 8.66. The Bertz CT molecular complexity index is 1780. The number of carbonyl (C=O) groups is 1. The van der Waals surface area contributed by atoms with E-state index in [1.165, 1.54) is 24.7 Å². The number of halogens is 1. The lowest BCUT2D eigenvalue weighted by molar-refractivity contribution is -0.113. The summed E-state index contributed by atoms with van der Waals surface area (Å²) in [6.07, 6.45) is 0. The van der Waals surface area contributed by atoms with Crippen molar-refractivity contribution in [1.82, 2.24) is 23.9 Å². The van der Waals surface area contributed by atoms with E-state index in [1.54, 1.807) is 12.1 Å². The van der Waals surface area contributed by atoms with Gasteiger partial charge >= 0.3 is 5.69 Å². The molecular weight excluding hydrogens is 552 g/mol. The molecule has 12 heteroatoms. The predicted molar refractivity (Wildman–Crippen MR) is 155 cm³/mol. The Morgan fingerprint density at radius 2 is 1.57 bits per heavy atom. The standard InChI is InChI=1S/C28H23ClN6O4S/c1-33-23(16-25(37)34(2)28(33)38)30-24(36)17-40-27-32-31-26(18-8-10-19(29)11-9-18)35(27)20-12-14-22(15-13-20)39-21-6-4-3-5-7-21/h3-16H,17H2,1-2H3,(H,30,36). The number of hydrogen-bond donors (Lipinski definition) is 1. The molecule has 0 saturated heterocycles. The molecule has 10 nitrogen and oxygen atoms in total. The van der Waals surface area contributed by atoms with Crippen LogP contribution in [-0.2, 0) is 18.9 Å². The molecule has 0 aliphatic rings. The molecule has 0 bridgehead atoms. The lowest BCUT2D eigenvalue weighted by atomic mass is 10.2. The Morgan fingerprint density at radius 1 is 0.900 bits per heavy atom. The molecule has 0 spiro atoms. The van der Waals surface area contributed by atoms with E-state index >= 15 is 0 Å². The molecular formula is C28H23ClN6O4S. The Labute approximate surface area is 237 Å². The molecule has 2 aromatic heterocycles. The maximum atomic E-state index is 12.8. The van der Waals surface area contributed by atoms with Crippen LogP contribution in [0, 0.1) is 0 Å². The second-order valence-corrected chi connectivity index (χ2v) is 10.0. The van der Waals surface area contributed by atoms with Crippen LogP contribution < -0.4 is 21.3 Å². The number of ether oxygens (including phenoxy) is 1. The third kappa shape index (κ3) is 5.85. The number of amides is 1. The van der Waals surface area contributed by atoms with Gasteiger partial charge in [0.25, 0.3) is 5.56 Å². The van der Waals surface area contributed by atoms with E-state index in [0.29, 0.717) is 21.8 Å². The van der Waals surface area contributed by atoms with Crippen LogP contribution in [0.15, 0.2) is 99.7 Å². The molecule has 0 fully saturated rings. The molecule has 40 heavy (non-hydrogen) atoms. The fraction of sp³-hybridized carbons (Fsp3) is 0.107. The molecule has 3 aromatic carbocycles. The lowest BCUT2D eigenvalue weighted by Gasteiger charge is -2.13. The third-order valence-corrected chi connectivity index (χ3v) is 7.12. The second kappa shape index (κ2) is 11.6. The Balaban J connectivity index is 1.41. The van der Waals surface area contributed by atoms with Gasteiger partial charge in [-0.25, -0.2) is 4.79 Å². The highest BCUT2D eigenvalue weighted by molar-refractivity contribution is 7.99. The molecule has 1 N–H and O–H groups in total. The molecule has 0 saturated carbocycles. The normalized spacial score (nSPS) is 10.9. The third-order valence-electron chi connectivity index (χ3n) is 5.94. The number of para-hydroxylation sites is 1. The first kappa shape index (κ1) is 27.0. The van der Waals surface area contributed by atoms with Crippen molar-refractivity contribution in [3.8, 4) is 28.6 Å². The van der Waals surface area contributed by atoms with Crippen LogP contribution in [0.3, 0.4) is 0 Å². The van der Waals surface area contributed by atoms with Gasteiger partial charge in [-0.3, -0.25) is 23.3 Å². The summed E-state index contributed by atoms with van der Waals surface area (Å²) in [7, 11) is 2.85. The van der Waals surface area contributed by atoms with E-state index in [0.717, 1.165) is 33.3 Å². The van der Waals surface area contributed by atoms with Crippen LogP contribution in [0.1, 0.15) is 0 Å². The maximum Gasteiger partial charge on any atom is 0.332 e. The minimum absolute atomic E-state index is 0.0443. The van der Waals surface area contributed by atoms with Gasteiger partial charge in [-0.2, -0.15) is 0 Å². The van der Waals surface area contributed by atoms with E-state index < -0.39 is 17.2 Å². The summed E-state index contributed by atoms with van der Waals surface area (Å²) in [6.45, 7) is 0. The van der Waals surface area contributed by atoms with Crippen LogP contribution in [0.2, 0.25) is 5.02 Å². The largest absolute Gasteiger partial charge is 0.457 e. The van der Waals surface area contributed by atoms with Gasteiger partial charge in [0.1, 0.15) is 17.3 Å². The molecule has 5 rings (SSSR count). The molecule has 0 unspecified atom stereocenters. The quantitative estimate of drug-likeness (QED) is 0.271. The highest BCUT2D eigenvalue weighted by atomic mass is 35.5. The Morgan fingerprint density at radius 3 is 2.27 bits per heavy atom. The molecule has 0 aliphatic carbocycles. The van der Waals surface area contributed by atoms with Gasteiger partial charge in [-0.05, 0) is 60.7 Å². The van der Waals surface area contributed by atoms with Gasteiger partial charge in [0.15, 0.2) is 11.0 Å². The molecule has 0 atom stereocenters. The minimum atomic E-state index is -0.539.